The molecule has 23 heavy (non-hydrogen) atoms. The molecule has 2 aromatic rings. The van der Waals surface area contributed by atoms with Crippen LogP contribution in [-0.2, 0) is 0 Å². The maximum Gasteiger partial charge on any atom is 0.323 e. The number of aryl methyl sites for hydroxylation is 1. The number of amides is 2. The molecule has 0 unspecified atom stereocenters. The number of nitrogen functional groups attached to an aromatic ring is 2. The Kier molecular flexibility index (Phi) is 4.80. The van der Waals surface area contributed by atoms with Gasteiger partial charge in [-0.25, -0.2) is 4.79 Å². The second-order valence-corrected chi connectivity index (χ2v) is 4.95. The van der Waals surface area contributed by atoms with E-state index in [4.69, 9.17) is 20.9 Å². The molecule has 122 valence electrons. The molecule has 0 atom stereocenters. The third-order valence-electron chi connectivity index (χ3n) is 3.27. The average Bonchev–Trinajstić information content (AvgIpc) is 2.50. The Labute approximate surface area is 134 Å². The molecule has 0 spiro atoms. The normalized spacial score (nSPS) is 10.0. The molecule has 0 saturated heterocycles. The summed E-state index contributed by atoms with van der Waals surface area (Å²) in [7, 11) is 3.11. The molecule has 2 aromatic carbocycles. The Morgan fingerprint density at radius 1 is 0.957 bits per heavy atom. The van der Waals surface area contributed by atoms with Crippen LogP contribution in [0.25, 0.3) is 0 Å². The first-order valence-electron chi connectivity index (χ1n) is 6.90. The number of methoxy groups -OCH3 is 2. The van der Waals surface area contributed by atoms with E-state index in [1.807, 2.05) is 6.92 Å². The molecule has 7 heteroatoms. The highest BCUT2D eigenvalue weighted by Crippen LogP contribution is 2.34. The molecule has 0 aromatic heterocycles. The minimum Gasteiger partial charge on any atom is -0.493 e. The number of hydrogen-bond acceptors (Lipinski definition) is 5. The van der Waals surface area contributed by atoms with Gasteiger partial charge < -0.3 is 31.6 Å². The zero-order valence-electron chi connectivity index (χ0n) is 13.3. The van der Waals surface area contributed by atoms with E-state index < -0.39 is 6.03 Å². The zero-order chi connectivity index (χ0) is 17.0. The van der Waals surface area contributed by atoms with Crippen LogP contribution < -0.4 is 31.6 Å². The number of ether oxygens (including phenoxy) is 2. The second-order valence-electron chi connectivity index (χ2n) is 4.95. The van der Waals surface area contributed by atoms with Crippen LogP contribution in [0.4, 0.5) is 27.5 Å². The van der Waals surface area contributed by atoms with Gasteiger partial charge in [0, 0.05) is 17.4 Å². The van der Waals surface area contributed by atoms with Gasteiger partial charge in [-0.1, -0.05) is 0 Å². The minimum atomic E-state index is -0.402. The topological polar surface area (TPSA) is 112 Å². The number of urea groups is 1. The van der Waals surface area contributed by atoms with Gasteiger partial charge in [0.25, 0.3) is 0 Å². The third kappa shape index (κ3) is 3.76. The summed E-state index contributed by atoms with van der Waals surface area (Å²) in [5, 5.41) is 5.42. The smallest absolute Gasteiger partial charge is 0.323 e. The van der Waals surface area contributed by atoms with Crippen molar-refractivity contribution in [3.05, 3.63) is 35.9 Å². The fraction of sp³-hybridized carbons (Fsp3) is 0.188. The molecular formula is C16H20N4O3. The van der Waals surface area contributed by atoms with Crippen LogP contribution in [0.5, 0.6) is 11.5 Å². The Hall–Kier alpha value is -3.09. The predicted octanol–water partition coefficient (Wildman–Crippen LogP) is 2.82. The fourth-order valence-corrected chi connectivity index (χ4v) is 2.17. The van der Waals surface area contributed by atoms with E-state index in [2.05, 4.69) is 10.6 Å². The van der Waals surface area contributed by atoms with Crippen molar-refractivity contribution in [2.24, 2.45) is 0 Å². The molecule has 0 fully saturated rings. The van der Waals surface area contributed by atoms with Gasteiger partial charge in [0.2, 0.25) is 0 Å². The van der Waals surface area contributed by atoms with Crippen LogP contribution in [0.15, 0.2) is 30.3 Å². The van der Waals surface area contributed by atoms with Gasteiger partial charge in [-0.15, -0.1) is 0 Å². The SMILES string of the molecule is COc1cc(NC(=O)Nc2ccc(N)c(N)c2)cc(C)c1OC. The van der Waals surface area contributed by atoms with E-state index in [1.54, 1.807) is 37.4 Å². The summed E-state index contributed by atoms with van der Waals surface area (Å²) in [5.41, 5.74) is 14.2. The van der Waals surface area contributed by atoms with Crippen LogP contribution >= 0.6 is 0 Å². The lowest BCUT2D eigenvalue weighted by Gasteiger charge is -2.14. The second kappa shape index (κ2) is 6.78. The first-order valence-corrected chi connectivity index (χ1v) is 6.90. The highest BCUT2D eigenvalue weighted by Gasteiger charge is 2.11. The van der Waals surface area contributed by atoms with E-state index in [0.717, 1.165) is 5.56 Å². The molecule has 2 rings (SSSR count). The van der Waals surface area contributed by atoms with Crippen molar-refractivity contribution in [1.29, 1.82) is 0 Å². The molecule has 0 saturated carbocycles. The van der Waals surface area contributed by atoms with Crippen LogP contribution in [0.1, 0.15) is 5.56 Å². The summed E-state index contributed by atoms with van der Waals surface area (Å²) in [6, 6.07) is 7.97. The molecule has 7 nitrogen and oxygen atoms in total. The Bertz CT molecular complexity index is 732. The van der Waals surface area contributed by atoms with E-state index in [0.29, 0.717) is 34.2 Å². The summed E-state index contributed by atoms with van der Waals surface area (Å²) >= 11 is 0. The number of benzene rings is 2. The number of anilines is 4. The van der Waals surface area contributed by atoms with Crippen LogP contribution in [-0.4, -0.2) is 20.3 Å². The van der Waals surface area contributed by atoms with Crippen molar-refractivity contribution in [2.45, 2.75) is 6.92 Å². The highest BCUT2D eigenvalue weighted by atomic mass is 16.5. The summed E-state index contributed by atoms with van der Waals surface area (Å²) < 4.78 is 10.5. The lowest BCUT2D eigenvalue weighted by atomic mass is 10.2. The van der Waals surface area contributed by atoms with Crippen molar-refractivity contribution in [3.8, 4) is 11.5 Å². The lowest BCUT2D eigenvalue weighted by molar-refractivity contribution is 0.262. The number of rotatable bonds is 4. The molecular weight excluding hydrogens is 296 g/mol. The average molecular weight is 316 g/mol. The molecule has 0 bridgehead atoms. The summed E-state index contributed by atoms with van der Waals surface area (Å²) in [6.07, 6.45) is 0. The monoisotopic (exact) mass is 316 g/mol. The van der Waals surface area contributed by atoms with Crippen LogP contribution in [0.2, 0.25) is 0 Å². The van der Waals surface area contributed by atoms with Crippen molar-refractivity contribution in [1.82, 2.24) is 0 Å². The minimum absolute atomic E-state index is 0.402. The molecule has 0 radical (unpaired) electrons. The van der Waals surface area contributed by atoms with Gasteiger partial charge in [-0.2, -0.15) is 0 Å². The maximum absolute atomic E-state index is 12.1. The highest BCUT2D eigenvalue weighted by molar-refractivity contribution is 6.00. The first kappa shape index (κ1) is 16.3. The van der Waals surface area contributed by atoms with Crippen molar-refractivity contribution < 1.29 is 14.3 Å². The van der Waals surface area contributed by atoms with E-state index in [9.17, 15) is 4.79 Å². The van der Waals surface area contributed by atoms with Crippen molar-refractivity contribution in [2.75, 3.05) is 36.3 Å². The predicted molar refractivity (Wildman–Crippen MR) is 92.2 cm³/mol. The van der Waals surface area contributed by atoms with Gasteiger partial charge in [-0.3, -0.25) is 0 Å². The number of nitrogens with one attached hydrogen (secondary N) is 2. The number of hydrogen-bond donors (Lipinski definition) is 4. The van der Waals surface area contributed by atoms with Gasteiger partial charge >= 0.3 is 6.03 Å². The van der Waals surface area contributed by atoms with Crippen molar-refractivity contribution in [3.63, 3.8) is 0 Å². The lowest BCUT2D eigenvalue weighted by Crippen LogP contribution is -2.19. The maximum atomic E-state index is 12.1. The van der Waals surface area contributed by atoms with Gasteiger partial charge in [0.1, 0.15) is 0 Å². The quantitative estimate of drug-likeness (QED) is 0.648. The number of carbonyl (C=O) groups is 1. The van der Waals surface area contributed by atoms with Gasteiger partial charge in [-0.05, 0) is 36.8 Å². The van der Waals surface area contributed by atoms with Crippen molar-refractivity contribution >= 4 is 28.8 Å². The first-order chi connectivity index (χ1) is 10.9. The molecule has 0 aliphatic heterocycles. The van der Waals surface area contributed by atoms with Crippen LogP contribution in [0, 0.1) is 6.92 Å². The fourth-order valence-electron chi connectivity index (χ4n) is 2.17. The Morgan fingerprint density at radius 2 is 1.65 bits per heavy atom. The van der Waals surface area contributed by atoms with Crippen LogP contribution in [0.3, 0.4) is 0 Å². The summed E-state index contributed by atoms with van der Waals surface area (Å²) in [5.74, 6) is 1.17. The van der Waals surface area contributed by atoms with E-state index in [1.165, 1.54) is 7.11 Å². The van der Waals surface area contributed by atoms with E-state index in [-0.39, 0.29) is 0 Å². The van der Waals surface area contributed by atoms with E-state index >= 15 is 0 Å². The van der Waals surface area contributed by atoms with Gasteiger partial charge in [0.05, 0.1) is 25.6 Å². The number of carbonyl (C=O) groups excluding carboxylic acids is 1. The van der Waals surface area contributed by atoms with Gasteiger partial charge in [0.15, 0.2) is 11.5 Å². The third-order valence-corrected chi connectivity index (χ3v) is 3.27. The molecule has 0 heterocycles. The Morgan fingerprint density at radius 3 is 2.26 bits per heavy atom. The molecule has 6 N–H and O–H groups in total. The molecule has 0 aliphatic carbocycles. The Balaban J connectivity index is 2.13. The largest absolute Gasteiger partial charge is 0.493 e. The molecule has 2 amide bonds. The summed E-state index contributed by atoms with van der Waals surface area (Å²) in [4.78, 5) is 12.1. The summed E-state index contributed by atoms with van der Waals surface area (Å²) in [6.45, 7) is 1.87. The molecule has 0 aliphatic rings. The number of nitrogens with two attached hydrogens (primary N) is 2. The zero-order valence-corrected chi connectivity index (χ0v) is 13.3. The standard InChI is InChI=1S/C16H20N4O3/c1-9-6-11(8-14(22-2)15(9)23-3)20-16(21)19-10-4-5-12(17)13(18)7-10/h4-8H,17-18H2,1-3H3,(H2,19,20,21).